The predicted octanol–water partition coefficient (Wildman–Crippen LogP) is 3.01. The second kappa shape index (κ2) is 4.10. The van der Waals surface area contributed by atoms with E-state index >= 15 is 0 Å². The first-order valence-corrected chi connectivity index (χ1v) is 5.99. The zero-order valence-electron chi connectivity index (χ0n) is 10.3. The van der Waals surface area contributed by atoms with Crippen molar-refractivity contribution in [3.8, 4) is 5.75 Å². The molecule has 2 rings (SSSR count). The van der Waals surface area contributed by atoms with Crippen molar-refractivity contribution in [3.05, 3.63) is 29.3 Å². The van der Waals surface area contributed by atoms with Crippen molar-refractivity contribution < 1.29 is 9.84 Å². The summed E-state index contributed by atoms with van der Waals surface area (Å²) in [6.45, 7) is 4.18. The zero-order chi connectivity index (χ0) is 11.8. The maximum absolute atomic E-state index is 10.4. The number of hydrogen-bond donors (Lipinski definition) is 1. The van der Waals surface area contributed by atoms with Gasteiger partial charge in [-0.3, -0.25) is 0 Å². The van der Waals surface area contributed by atoms with Crippen LogP contribution >= 0.6 is 0 Å². The second-order valence-electron chi connectivity index (χ2n) is 4.80. The summed E-state index contributed by atoms with van der Waals surface area (Å²) in [5.41, 5.74) is 1.53. The van der Waals surface area contributed by atoms with Gasteiger partial charge in [0.25, 0.3) is 0 Å². The third-order valence-corrected chi connectivity index (χ3v) is 3.62. The lowest BCUT2D eigenvalue weighted by atomic mass is 10.0. The molecule has 0 aromatic heterocycles. The highest BCUT2D eigenvalue weighted by Gasteiger charge is 2.53. The van der Waals surface area contributed by atoms with Gasteiger partial charge in [0.05, 0.1) is 12.7 Å². The third kappa shape index (κ3) is 1.82. The molecule has 0 radical (unpaired) electrons. The predicted molar refractivity (Wildman–Crippen MR) is 64.6 cm³/mol. The lowest BCUT2D eigenvalue weighted by Gasteiger charge is -2.13. The maximum atomic E-state index is 10.4. The van der Waals surface area contributed by atoms with Gasteiger partial charge >= 0.3 is 0 Å². The number of aliphatic hydroxyl groups is 1. The largest absolute Gasteiger partial charge is 0.496 e. The summed E-state index contributed by atoms with van der Waals surface area (Å²) in [5, 5.41) is 10.4. The van der Waals surface area contributed by atoms with E-state index < -0.39 is 5.60 Å². The first-order valence-electron chi connectivity index (χ1n) is 5.99. The highest BCUT2D eigenvalue weighted by Crippen LogP contribution is 2.54. The van der Waals surface area contributed by atoms with Crippen molar-refractivity contribution in [2.45, 2.75) is 38.7 Å². The monoisotopic (exact) mass is 220 g/mol. The van der Waals surface area contributed by atoms with Gasteiger partial charge in [0.1, 0.15) is 5.75 Å². The van der Waals surface area contributed by atoms with Crippen LogP contribution in [0.15, 0.2) is 18.2 Å². The quantitative estimate of drug-likeness (QED) is 0.845. The van der Waals surface area contributed by atoms with Crippen LogP contribution in [0.2, 0.25) is 0 Å². The Kier molecular flexibility index (Phi) is 2.94. The molecule has 2 atom stereocenters. The average molecular weight is 220 g/mol. The molecule has 0 aliphatic heterocycles. The number of benzene rings is 1. The van der Waals surface area contributed by atoms with Crippen LogP contribution in [-0.4, -0.2) is 12.2 Å². The van der Waals surface area contributed by atoms with Gasteiger partial charge in [0.2, 0.25) is 0 Å². The summed E-state index contributed by atoms with van der Waals surface area (Å²) in [6.07, 6.45) is 3.13. The van der Waals surface area contributed by atoms with Crippen LogP contribution in [0.1, 0.15) is 37.3 Å². The summed E-state index contributed by atoms with van der Waals surface area (Å²) in [5.74, 6) is 1.30. The smallest absolute Gasteiger partial charge is 0.122 e. The fourth-order valence-corrected chi connectivity index (χ4v) is 2.45. The Bertz CT molecular complexity index is 386. The number of ether oxygens (including phenoxy) is 1. The van der Waals surface area contributed by atoms with E-state index in [9.17, 15) is 5.11 Å². The van der Waals surface area contributed by atoms with Crippen molar-refractivity contribution in [3.63, 3.8) is 0 Å². The van der Waals surface area contributed by atoms with E-state index in [1.807, 2.05) is 25.1 Å². The molecule has 2 nitrogen and oxygen atoms in total. The van der Waals surface area contributed by atoms with Crippen LogP contribution < -0.4 is 4.74 Å². The molecular formula is C14H20O2. The number of hydrogen-bond acceptors (Lipinski definition) is 2. The molecule has 1 saturated carbocycles. The van der Waals surface area contributed by atoms with Gasteiger partial charge in [-0.15, -0.1) is 0 Å². The molecule has 1 aromatic rings. The van der Waals surface area contributed by atoms with Crippen LogP contribution in [0.4, 0.5) is 0 Å². The number of methoxy groups -OCH3 is 1. The normalized spacial score (nSPS) is 27.9. The average Bonchev–Trinajstić information content (AvgIpc) is 2.92. The minimum atomic E-state index is -0.586. The Morgan fingerprint density at radius 3 is 2.88 bits per heavy atom. The Morgan fingerprint density at radius 2 is 2.25 bits per heavy atom. The van der Waals surface area contributed by atoms with Crippen molar-refractivity contribution in [1.29, 1.82) is 0 Å². The van der Waals surface area contributed by atoms with Crippen LogP contribution in [-0.2, 0) is 5.60 Å². The molecule has 0 bridgehead atoms. The minimum absolute atomic E-state index is 0.435. The zero-order valence-corrected chi connectivity index (χ0v) is 10.3. The standard InChI is InChI=1S/C14H20O2/c1-4-5-12-9-14(12,15)11-7-6-10(2)13(8-11)16-3/h6-8,12,15H,4-5,9H2,1-3H3. The molecule has 0 saturated heterocycles. The molecule has 1 aromatic carbocycles. The van der Waals surface area contributed by atoms with E-state index in [-0.39, 0.29) is 0 Å². The molecule has 0 amide bonds. The van der Waals surface area contributed by atoms with E-state index in [1.165, 1.54) is 0 Å². The lowest BCUT2D eigenvalue weighted by molar-refractivity contribution is 0.129. The van der Waals surface area contributed by atoms with Gasteiger partial charge in [-0.05, 0) is 42.9 Å². The molecule has 2 heteroatoms. The van der Waals surface area contributed by atoms with Crippen LogP contribution in [0, 0.1) is 12.8 Å². The Morgan fingerprint density at radius 1 is 1.50 bits per heavy atom. The Hall–Kier alpha value is -1.02. The first-order chi connectivity index (χ1) is 7.61. The number of aryl methyl sites for hydroxylation is 1. The van der Waals surface area contributed by atoms with E-state index in [2.05, 4.69) is 6.92 Å². The van der Waals surface area contributed by atoms with Crippen molar-refractivity contribution in [2.24, 2.45) is 5.92 Å². The van der Waals surface area contributed by atoms with Crippen LogP contribution in [0.25, 0.3) is 0 Å². The Balaban J connectivity index is 2.22. The summed E-state index contributed by atoms with van der Waals surface area (Å²) in [7, 11) is 1.67. The summed E-state index contributed by atoms with van der Waals surface area (Å²) >= 11 is 0. The summed E-state index contributed by atoms with van der Waals surface area (Å²) in [4.78, 5) is 0. The molecule has 1 fully saturated rings. The highest BCUT2D eigenvalue weighted by molar-refractivity contribution is 5.41. The van der Waals surface area contributed by atoms with Crippen molar-refractivity contribution >= 4 is 0 Å². The SMILES string of the molecule is CCCC1CC1(O)c1ccc(C)c(OC)c1. The molecule has 1 N–H and O–H groups in total. The molecule has 88 valence electrons. The maximum Gasteiger partial charge on any atom is 0.122 e. The van der Waals surface area contributed by atoms with Crippen molar-refractivity contribution in [2.75, 3.05) is 7.11 Å². The minimum Gasteiger partial charge on any atom is -0.496 e. The molecule has 2 unspecified atom stereocenters. The Labute approximate surface area is 97.3 Å². The van der Waals surface area contributed by atoms with Crippen LogP contribution in [0.3, 0.4) is 0 Å². The van der Waals surface area contributed by atoms with Gasteiger partial charge in [-0.25, -0.2) is 0 Å². The summed E-state index contributed by atoms with van der Waals surface area (Å²) < 4.78 is 5.29. The molecule has 1 aliphatic rings. The second-order valence-corrected chi connectivity index (χ2v) is 4.80. The van der Waals surface area contributed by atoms with Crippen LogP contribution in [0.5, 0.6) is 5.75 Å². The van der Waals surface area contributed by atoms with E-state index in [0.29, 0.717) is 5.92 Å². The van der Waals surface area contributed by atoms with E-state index in [1.54, 1.807) is 7.11 Å². The van der Waals surface area contributed by atoms with Gasteiger partial charge in [-0.1, -0.05) is 25.5 Å². The van der Waals surface area contributed by atoms with Gasteiger partial charge in [0.15, 0.2) is 0 Å². The molecule has 0 spiro atoms. The molecule has 1 aliphatic carbocycles. The topological polar surface area (TPSA) is 29.5 Å². The fraction of sp³-hybridized carbons (Fsp3) is 0.571. The van der Waals surface area contributed by atoms with E-state index in [0.717, 1.165) is 36.1 Å². The van der Waals surface area contributed by atoms with Gasteiger partial charge in [0, 0.05) is 0 Å². The third-order valence-electron chi connectivity index (χ3n) is 3.62. The molecule has 16 heavy (non-hydrogen) atoms. The van der Waals surface area contributed by atoms with Gasteiger partial charge < -0.3 is 9.84 Å². The van der Waals surface area contributed by atoms with Gasteiger partial charge in [-0.2, -0.15) is 0 Å². The molecule has 0 heterocycles. The molecular weight excluding hydrogens is 200 g/mol. The van der Waals surface area contributed by atoms with E-state index in [4.69, 9.17) is 4.74 Å². The number of rotatable bonds is 4. The van der Waals surface area contributed by atoms with Crippen molar-refractivity contribution in [1.82, 2.24) is 0 Å². The highest BCUT2D eigenvalue weighted by atomic mass is 16.5. The first kappa shape index (κ1) is 11.5. The lowest BCUT2D eigenvalue weighted by Crippen LogP contribution is -2.09. The fourth-order valence-electron chi connectivity index (χ4n) is 2.45. The summed E-state index contributed by atoms with van der Waals surface area (Å²) in [6, 6.07) is 6.02.